The number of hydrogen-bond donors (Lipinski definition) is 1. The van der Waals surface area contributed by atoms with Gasteiger partial charge in [-0.3, -0.25) is 4.79 Å². The lowest BCUT2D eigenvalue weighted by molar-refractivity contribution is -0.127. The average molecular weight is 305 g/mol. The molecule has 1 amide bonds. The molecule has 0 bridgehead atoms. The smallest absolute Gasteiger partial charge is 0.224 e. The molecule has 118 valence electrons. The number of carbonyl (C=O) groups excluding carboxylic acids is 1. The third-order valence-corrected chi connectivity index (χ3v) is 4.87. The van der Waals surface area contributed by atoms with Crippen molar-refractivity contribution in [3.05, 3.63) is 0 Å². The van der Waals surface area contributed by atoms with Gasteiger partial charge in [-0.1, -0.05) is 13.8 Å². The van der Waals surface area contributed by atoms with E-state index in [0.717, 1.165) is 38.9 Å². The van der Waals surface area contributed by atoms with E-state index in [1.807, 2.05) is 0 Å². The molecule has 20 heavy (non-hydrogen) atoms. The molecular formula is C13H27N3O3S. The maximum Gasteiger partial charge on any atom is 0.224 e. The van der Waals surface area contributed by atoms with Crippen molar-refractivity contribution in [1.29, 1.82) is 0 Å². The van der Waals surface area contributed by atoms with E-state index >= 15 is 0 Å². The van der Waals surface area contributed by atoms with Crippen LogP contribution in [-0.2, 0) is 14.8 Å². The summed E-state index contributed by atoms with van der Waals surface area (Å²) in [5.41, 5.74) is 0. The lowest BCUT2D eigenvalue weighted by Gasteiger charge is -2.23. The second-order valence-electron chi connectivity index (χ2n) is 5.45. The summed E-state index contributed by atoms with van der Waals surface area (Å²) in [5.74, 6) is -0.0958. The zero-order valence-corrected chi connectivity index (χ0v) is 13.4. The number of carbonyl (C=O) groups is 1. The van der Waals surface area contributed by atoms with E-state index in [2.05, 4.69) is 18.7 Å². The molecule has 1 heterocycles. The molecule has 0 spiro atoms. The zero-order chi connectivity index (χ0) is 15.2. The van der Waals surface area contributed by atoms with E-state index < -0.39 is 15.3 Å². The molecule has 1 unspecified atom stereocenters. The first kappa shape index (κ1) is 17.4. The summed E-state index contributed by atoms with van der Waals surface area (Å²) in [4.78, 5) is 15.8. The quantitative estimate of drug-likeness (QED) is 0.668. The van der Waals surface area contributed by atoms with Crippen LogP contribution in [-0.4, -0.2) is 62.1 Å². The molecule has 1 saturated heterocycles. The lowest BCUT2D eigenvalue weighted by atomic mass is 10.3. The topological polar surface area (TPSA) is 83.7 Å². The van der Waals surface area contributed by atoms with Crippen molar-refractivity contribution in [3.8, 4) is 0 Å². The van der Waals surface area contributed by atoms with Crippen LogP contribution in [0.5, 0.6) is 0 Å². The first-order valence-electron chi connectivity index (χ1n) is 7.40. The number of hydrogen-bond acceptors (Lipinski definition) is 4. The van der Waals surface area contributed by atoms with E-state index in [1.165, 1.54) is 0 Å². The maximum absolute atomic E-state index is 11.8. The Morgan fingerprint density at radius 3 is 2.30 bits per heavy atom. The number of amides is 1. The van der Waals surface area contributed by atoms with Gasteiger partial charge in [-0.2, -0.15) is 0 Å². The van der Waals surface area contributed by atoms with E-state index in [1.54, 1.807) is 4.90 Å². The van der Waals surface area contributed by atoms with Crippen molar-refractivity contribution in [2.75, 3.05) is 32.7 Å². The van der Waals surface area contributed by atoms with Gasteiger partial charge in [0.25, 0.3) is 0 Å². The largest absolute Gasteiger partial charge is 0.341 e. The Balaban J connectivity index is 2.37. The Morgan fingerprint density at radius 2 is 1.85 bits per heavy atom. The summed E-state index contributed by atoms with van der Waals surface area (Å²) in [6, 6.07) is 0. The van der Waals surface area contributed by atoms with Gasteiger partial charge in [-0.05, 0) is 38.9 Å². The predicted molar refractivity (Wildman–Crippen MR) is 79.7 cm³/mol. The summed E-state index contributed by atoms with van der Waals surface area (Å²) in [7, 11) is -3.60. The van der Waals surface area contributed by atoms with Crippen LogP contribution in [0.3, 0.4) is 0 Å². The van der Waals surface area contributed by atoms with Crippen LogP contribution in [0.15, 0.2) is 0 Å². The highest BCUT2D eigenvalue weighted by Gasteiger charge is 2.35. The third-order valence-electron chi connectivity index (χ3n) is 3.63. The minimum Gasteiger partial charge on any atom is -0.341 e. The fraction of sp³-hybridized carbons (Fsp3) is 0.923. The fourth-order valence-corrected chi connectivity index (χ4v) is 3.39. The van der Waals surface area contributed by atoms with Gasteiger partial charge >= 0.3 is 0 Å². The second-order valence-corrected chi connectivity index (χ2v) is 7.29. The second kappa shape index (κ2) is 7.95. The van der Waals surface area contributed by atoms with Crippen molar-refractivity contribution in [2.24, 2.45) is 5.14 Å². The number of nitrogens with zero attached hydrogens (tertiary/aromatic N) is 2. The first-order valence-corrected chi connectivity index (χ1v) is 9.01. The highest BCUT2D eigenvalue weighted by atomic mass is 32.2. The van der Waals surface area contributed by atoms with Gasteiger partial charge < -0.3 is 9.80 Å². The Kier molecular flexibility index (Phi) is 6.91. The van der Waals surface area contributed by atoms with Crippen molar-refractivity contribution >= 4 is 15.9 Å². The van der Waals surface area contributed by atoms with E-state index in [9.17, 15) is 13.2 Å². The summed E-state index contributed by atoms with van der Waals surface area (Å²) in [6.45, 7) is 8.27. The number of rotatable bonds is 9. The first-order chi connectivity index (χ1) is 9.38. The van der Waals surface area contributed by atoms with Crippen molar-refractivity contribution in [2.45, 2.75) is 44.8 Å². The third kappa shape index (κ3) is 5.38. The zero-order valence-electron chi connectivity index (χ0n) is 12.5. The molecular weight excluding hydrogens is 278 g/mol. The molecule has 2 N–H and O–H groups in total. The number of sulfonamides is 1. The van der Waals surface area contributed by atoms with E-state index in [4.69, 9.17) is 5.14 Å². The number of primary sulfonamides is 1. The van der Waals surface area contributed by atoms with Gasteiger partial charge in [-0.25, -0.2) is 13.6 Å². The van der Waals surface area contributed by atoms with Crippen LogP contribution < -0.4 is 5.14 Å². The minimum atomic E-state index is -3.60. The Hall–Kier alpha value is -0.660. The molecule has 0 radical (unpaired) electrons. The van der Waals surface area contributed by atoms with Gasteiger partial charge in [0.15, 0.2) is 0 Å². The number of nitrogens with two attached hydrogens (primary N) is 1. The molecule has 1 fully saturated rings. The van der Waals surface area contributed by atoms with Crippen LogP contribution in [0.1, 0.15) is 39.5 Å². The summed E-state index contributed by atoms with van der Waals surface area (Å²) >= 11 is 0. The molecule has 7 heteroatoms. The van der Waals surface area contributed by atoms with E-state index in [0.29, 0.717) is 6.54 Å². The van der Waals surface area contributed by atoms with Gasteiger partial charge in [0.05, 0.1) is 0 Å². The molecule has 0 aromatic heterocycles. The van der Waals surface area contributed by atoms with Gasteiger partial charge in [0.2, 0.25) is 15.9 Å². The molecule has 0 aromatic rings. The van der Waals surface area contributed by atoms with Crippen LogP contribution in [0.4, 0.5) is 0 Å². The van der Waals surface area contributed by atoms with Crippen LogP contribution >= 0.6 is 0 Å². The monoisotopic (exact) mass is 305 g/mol. The Labute approximate surface area is 122 Å². The van der Waals surface area contributed by atoms with Gasteiger partial charge in [0, 0.05) is 19.5 Å². The molecule has 1 aliphatic heterocycles. The van der Waals surface area contributed by atoms with Crippen molar-refractivity contribution in [3.63, 3.8) is 0 Å². The molecule has 1 aliphatic rings. The van der Waals surface area contributed by atoms with Gasteiger partial charge in [0.1, 0.15) is 5.25 Å². The van der Waals surface area contributed by atoms with Crippen LogP contribution in [0, 0.1) is 0 Å². The van der Waals surface area contributed by atoms with Crippen molar-refractivity contribution < 1.29 is 13.2 Å². The minimum absolute atomic E-state index is 0.0342. The Bertz CT molecular complexity index is 405. The summed E-state index contributed by atoms with van der Waals surface area (Å²) < 4.78 is 22.5. The normalized spacial score (nSPS) is 20.1. The lowest BCUT2D eigenvalue weighted by Crippen LogP contribution is -2.34. The standard InChI is InChI=1S/C13H27N3O3S/c1-3-6-15(7-4-2)8-5-9-16-11-12(10-13(16)17)20(14,18)19/h12H,3-11H2,1-2H3,(H2,14,18,19). The molecule has 6 nitrogen and oxygen atoms in total. The highest BCUT2D eigenvalue weighted by molar-refractivity contribution is 7.89. The SMILES string of the molecule is CCCN(CCC)CCCN1CC(S(N)(=O)=O)CC1=O. The summed E-state index contributed by atoms with van der Waals surface area (Å²) in [5, 5.41) is 4.38. The molecule has 1 rings (SSSR count). The molecule has 0 aliphatic carbocycles. The predicted octanol–water partition coefficient (Wildman–Crippen LogP) is 0.388. The number of likely N-dealkylation sites (tertiary alicyclic amines) is 1. The van der Waals surface area contributed by atoms with Crippen molar-refractivity contribution in [1.82, 2.24) is 9.80 Å². The maximum atomic E-state index is 11.8. The Morgan fingerprint density at radius 1 is 1.25 bits per heavy atom. The van der Waals surface area contributed by atoms with Crippen LogP contribution in [0.2, 0.25) is 0 Å². The molecule has 0 aromatic carbocycles. The van der Waals surface area contributed by atoms with E-state index in [-0.39, 0.29) is 18.9 Å². The summed E-state index contributed by atoms with van der Waals surface area (Å²) in [6.07, 6.45) is 3.15. The molecule has 0 saturated carbocycles. The molecule has 1 atom stereocenters. The fourth-order valence-electron chi connectivity index (χ4n) is 2.63. The highest BCUT2D eigenvalue weighted by Crippen LogP contribution is 2.16. The van der Waals surface area contributed by atoms with Gasteiger partial charge in [-0.15, -0.1) is 0 Å². The average Bonchev–Trinajstić information content (AvgIpc) is 2.71. The van der Waals surface area contributed by atoms with Crippen LogP contribution in [0.25, 0.3) is 0 Å².